The van der Waals surface area contributed by atoms with Crippen molar-refractivity contribution < 1.29 is 5.11 Å². The Morgan fingerprint density at radius 3 is 2.57 bits per heavy atom. The Labute approximate surface area is 121 Å². The van der Waals surface area contributed by atoms with Crippen molar-refractivity contribution in [1.29, 1.82) is 0 Å². The Morgan fingerprint density at radius 1 is 1.43 bits per heavy atom. The number of hydrogen-bond donors (Lipinski definition) is 2. The van der Waals surface area contributed by atoms with Crippen LogP contribution in [0.5, 0.6) is 5.88 Å². The summed E-state index contributed by atoms with van der Waals surface area (Å²) in [6, 6.07) is 6.29. The van der Waals surface area contributed by atoms with Gasteiger partial charge in [0.2, 0.25) is 5.88 Å². The standard InChI is InChI=1S/C15H17N3O3/c1-9(2)8-13-14(19)18(15(20)16-13)12-6-4-11(5-7-12)10(3)17-21/h4-7,10,19H,1,8H2,2-3H3,(H,16,20). The van der Waals surface area contributed by atoms with Crippen molar-refractivity contribution in [2.45, 2.75) is 26.3 Å². The number of hydrogen-bond acceptors (Lipinski definition) is 4. The first-order valence-electron chi connectivity index (χ1n) is 6.54. The first kappa shape index (κ1) is 14.8. The van der Waals surface area contributed by atoms with Crippen LogP contribution in [0.4, 0.5) is 0 Å². The molecule has 2 rings (SSSR count). The topological polar surface area (TPSA) is 87.5 Å². The smallest absolute Gasteiger partial charge is 0.333 e. The summed E-state index contributed by atoms with van der Waals surface area (Å²) in [6.07, 6.45) is 0.401. The zero-order chi connectivity index (χ0) is 15.6. The van der Waals surface area contributed by atoms with Crippen LogP contribution in [0.15, 0.2) is 46.4 Å². The van der Waals surface area contributed by atoms with Crippen LogP contribution in [0.1, 0.15) is 31.1 Å². The summed E-state index contributed by atoms with van der Waals surface area (Å²) in [7, 11) is 0. The van der Waals surface area contributed by atoms with Gasteiger partial charge in [0.15, 0.2) is 0 Å². The van der Waals surface area contributed by atoms with Crippen molar-refractivity contribution in [3.63, 3.8) is 0 Å². The lowest BCUT2D eigenvalue weighted by Crippen LogP contribution is -2.14. The van der Waals surface area contributed by atoms with E-state index < -0.39 is 11.7 Å². The van der Waals surface area contributed by atoms with Gasteiger partial charge in [-0.2, -0.15) is 4.91 Å². The van der Waals surface area contributed by atoms with E-state index in [0.717, 1.165) is 11.1 Å². The van der Waals surface area contributed by atoms with Crippen molar-refractivity contribution in [2.75, 3.05) is 0 Å². The van der Waals surface area contributed by atoms with Gasteiger partial charge in [0.05, 0.1) is 11.4 Å². The molecule has 0 bridgehead atoms. The molecule has 0 saturated carbocycles. The number of nitrogens with zero attached hydrogens (tertiary/aromatic N) is 2. The van der Waals surface area contributed by atoms with E-state index in [0.29, 0.717) is 17.8 Å². The normalized spacial score (nSPS) is 12.1. The maximum atomic E-state index is 12.0. The second-order valence-electron chi connectivity index (χ2n) is 5.07. The molecule has 1 heterocycles. The summed E-state index contributed by atoms with van der Waals surface area (Å²) in [5.41, 5.74) is 2.11. The van der Waals surface area contributed by atoms with Crippen molar-refractivity contribution in [3.8, 4) is 11.6 Å². The fourth-order valence-corrected chi connectivity index (χ4v) is 2.10. The van der Waals surface area contributed by atoms with E-state index in [4.69, 9.17) is 0 Å². The van der Waals surface area contributed by atoms with Crippen LogP contribution in [0.25, 0.3) is 5.69 Å². The molecular weight excluding hydrogens is 270 g/mol. The van der Waals surface area contributed by atoms with Crippen LogP contribution in [0.3, 0.4) is 0 Å². The molecule has 0 fully saturated rings. The lowest BCUT2D eigenvalue weighted by molar-refractivity contribution is 0.435. The number of nitroso groups, excluding NO2 is 1. The highest BCUT2D eigenvalue weighted by molar-refractivity contribution is 5.40. The molecule has 0 radical (unpaired) electrons. The molecule has 0 amide bonds. The molecule has 0 aliphatic carbocycles. The molecule has 110 valence electrons. The van der Waals surface area contributed by atoms with Crippen molar-refractivity contribution in [3.05, 3.63) is 63.1 Å². The average Bonchev–Trinajstić information content (AvgIpc) is 2.72. The van der Waals surface area contributed by atoms with Gasteiger partial charge in [-0.1, -0.05) is 29.5 Å². The molecule has 0 spiro atoms. The molecule has 1 aromatic carbocycles. The maximum absolute atomic E-state index is 12.0. The number of rotatable bonds is 5. The Bertz CT molecular complexity index is 726. The van der Waals surface area contributed by atoms with Crippen molar-refractivity contribution in [1.82, 2.24) is 9.55 Å². The first-order valence-corrected chi connectivity index (χ1v) is 6.54. The number of imidazole rings is 1. The van der Waals surface area contributed by atoms with Gasteiger partial charge in [-0.05, 0) is 31.5 Å². The molecule has 2 aromatic rings. The second kappa shape index (κ2) is 5.78. The minimum Gasteiger partial charge on any atom is -0.493 e. The van der Waals surface area contributed by atoms with Crippen LogP contribution in [-0.2, 0) is 6.42 Å². The maximum Gasteiger partial charge on any atom is 0.333 e. The number of aromatic hydroxyl groups is 1. The zero-order valence-corrected chi connectivity index (χ0v) is 12.0. The molecule has 1 atom stereocenters. The van der Waals surface area contributed by atoms with Crippen LogP contribution in [0, 0.1) is 4.91 Å². The highest BCUT2D eigenvalue weighted by Crippen LogP contribution is 2.22. The van der Waals surface area contributed by atoms with Gasteiger partial charge in [0.25, 0.3) is 0 Å². The number of nitrogens with one attached hydrogen (secondary N) is 1. The summed E-state index contributed by atoms with van der Waals surface area (Å²) in [5, 5.41) is 13.1. The third-order valence-corrected chi connectivity index (χ3v) is 3.21. The van der Waals surface area contributed by atoms with Crippen LogP contribution in [-0.4, -0.2) is 14.7 Å². The molecule has 2 N–H and O–H groups in total. The molecule has 6 nitrogen and oxygen atoms in total. The quantitative estimate of drug-likeness (QED) is 0.654. The monoisotopic (exact) mass is 287 g/mol. The van der Waals surface area contributed by atoms with Crippen molar-refractivity contribution >= 4 is 0 Å². The predicted molar refractivity (Wildman–Crippen MR) is 80.8 cm³/mol. The van der Waals surface area contributed by atoms with E-state index in [1.807, 2.05) is 6.92 Å². The van der Waals surface area contributed by atoms with Gasteiger partial charge >= 0.3 is 5.69 Å². The highest BCUT2D eigenvalue weighted by atomic mass is 16.3. The molecule has 0 aliphatic heterocycles. The van der Waals surface area contributed by atoms with E-state index in [1.165, 1.54) is 4.57 Å². The number of aromatic nitrogens is 2. The Balaban J connectivity index is 2.42. The minimum absolute atomic E-state index is 0.127. The molecule has 0 saturated heterocycles. The Morgan fingerprint density at radius 2 is 2.05 bits per heavy atom. The number of aromatic amines is 1. The molecule has 0 aliphatic rings. The fraction of sp³-hybridized carbons (Fsp3) is 0.267. The number of benzene rings is 1. The van der Waals surface area contributed by atoms with Crippen LogP contribution >= 0.6 is 0 Å². The van der Waals surface area contributed by atoms with Gasteiger partial charge in [-0.15, -0.1) is 0 Å². The largest absolute Gasteiger partial charge is 0.493 e. The van der Waals surface area contributed by atoms with E-state index in [9.17, 15) is 14.8 Å². The average molecular weight is 287 g/mol. The lowest BCUT2D eigenvalue weighted by Gasteiger charge is -2.07. The SMILES string of the molecule is C=C(C)Cc1[nH]c(=O)n(-c2ccc(C(C)N=O)cc2)c1O. The zero-order valence-electron chi connectivity index (χ0n) is 12.0. The second-order valence-corrected chi connectivity index (χ2v) is 5.07. The summed E-state index contributed by atoms with van der Waals surface area (Å²) in [5.74, 6) is -0.127. The van der Waals surface area contributed by atoms with E-state index in [1.54, 1.807) is 31.2 Å². The molecule has 6 heteroatoms. The van der Waals surface area contributed by atoms with E-state index >= 15 is 0 Å². The Hall–Kier alpha value is -2.63. The highest BCUT2D eigenvalue weighted by Gasteiger charge is 2.15. The number of allylic oxidation sites excluding steroid dienone is 1. The summed E-state index contributed by atoms with van der Waals surface area (Å²) in [6.45, 7) is 7.27. The van der Waals surface area contributed by atoms with Crippen molar-refractivity contribution in [2.24, 2.45) is 5.18 Å². The molecule has 1 unspecified atom stereocenters. The molecule has 21 heavy (non-hydrogen) atoms. The van der Waals surface area contributed by atoms with Gasteiger partial charge in [0, 0.05) is 6.42 Å². The first-order chi connectivity index (χ1) is 9.93. The van der Waals surface area contributed by atoms with E-state index in [-0.39, 0.29) is 5.88 Å². The van der Waals surface area contributed by atoms with Crippen LogP contribution < -0.4 is 5.69 Å². The fourth-order valence-electron chi connectivity index (χ4n) is 2.10. The van der Waals surface area contributed by atoms with Gasteiger partial charge in [-0.25, -0.2) is 9.36 Å². The Kier molecular flexibility index (Phi) is 4.07. The minimum atomic E-state index is -0.449. The predicted octanol–water partition coefficient (Wildman–Crippen LogP) is 2.82. The molecule has 1 aromatic heterocycles. The van der Waals surface area contributed by atoms with E-state index in [2.05, 4.69) is 16.7 Å². The summed E-state index contributed by atoms with van der Waals surface area (Å²) < 4.78 is 1.18. The molecular formula is C15H17N3O3. The lowest BCUT2D eigenvalue weighted by atomic mass is 10.1. The van der Waals surface area contributed by atoms with Gasteiger partial charge in [0.1, 0.15) is 6.04 Å². The summed E-state index contributed by atoms with van der Waals surface area (Å²) >= 11 is 0. The van der Waals surface area contributed by atoms with Crippen LogP contribution in [0.2, 0.25) is 0 Å². The third-order valence-electron chi connectivity index (χ3n) is 3.21. The van der Waals surface area contributed by atoms with Gasteiger partial charge < -0.3 is 10.1 Å². The van der Waals surface area contributed by atoms with Gasteiger partial charge in [-0.3, -0.25) is 0 Å². The summed E-state index contributed by atoms with van der Waals surface area (Å²) in [4.78, 5) is 25.1. The third kappa shape index (κ3) is 2.94. The number of H-pyrrole nitrogens is 1.